The molecule has 0 radical (unpaired) electrons. The van der Waals surface area contributed by atoms with Crippen LogP contribution < -0.4 is 5.43 Å². The number of aromatic nitrogens is 1. The highest BCUT2D eigenvalue weighted by Gasteiger charge is 2.10. The first-order chi connectivity index (χ1) is 8.16. The molecule has 0 amide bonds. The maximum Gasteiger partial charge on any atom is 0.159 e. The minimum atomic E-state index is -0.956. The van der Waals surface area contributed by atoms with Crippen molar-refractivity contribution in [2.75, 3.05) is 12.0 Å². The Kier molecular flexibility index (Phi) is 3.39. The van der Waals surface area contributed by atoms with Crippen molar-refractivity contribution in [3.05, 3.63) is 59.9 Å². The third-order valence-electron chi connectivity index (χ3n) is 2.40. The molecule has 1 aromatic heterocycles. The van der Waals surface area contributed by atoms with E-state index in [1.807, 2.05) is 12.1 Å². The fourth-order valence-corrected chi connectivity index (χ4v) is 1.47. The molecule has 0 fully saturated rings. The van der Waals surface area contributed by atoms with Gasteiger partial charge in [-0.2, -0.15) is 0 Å². The standard InChI is InChI=1S/C12H12F2N2O/c13-10-4-3-9(7-11(10)14)12(17)8-15-16-5-1-2-6-16/h1-7,12,15,17H,8H2. The van der Waals surface area contributed by atoms with E-state index < -0.39 is 17.7 Å². The molecule has 0 bridgehead atoms. The van der Waals surface area contributed by atoms with Crippen LogP contribution in [-0.2, 0) is 0 Å². The molecule has 17 heavy (non-hydrogen) atoms. The summed E-state index contributed by atoms with van der Waals surface area (Å²) in [5, 5.41) is 9.77. The molecule has 0 saturated heterocycles. The van der Waals surface area contributed by atoms with Crippen LogP contribution in [0.25, 0.3) is 0 Å². The van der Waals surface area contributed by atoms with Crippen molar-refractivity contribution in [1.82, 2.24) is 4.68 Å². The Balaban J connectivity index is 1.99. The number of halogens is 2. The topological polar surface area (TPSA) is 37.2 Å². The highest BCUT2D eigenvalue weighted by molar-refractivity contribution is 5.20. The van der Waals surface area contributed by atoms with Gasteiger partial charge in [-0.1, -0.05) is 6.07 Å². The molecule has 0 aliphatic heterocycles. The molecular weight excluding hydrogens is 226 g/mol. The predicted octanol–water partition coefficient (Wildman–Crippen LogP) is 2.04. The van der Waals surface area contributed by atoms with Crippen LogP contribution in [0.15, 0.2) is 42.7 Å². The molecule has 2 aromatic rings. The fourth-order valence-electron chi connectivity index (χ4n) is 1.47. The first-order valence-electron chi connectivity index (χ1n) is 5.16. The van der Waals surface area contributed by atoms with Crippen molar-refractivity contribution in [1.29, 1.82) is 0 Å². The summed E-state index contributed by atoms with van der Waals surface area (Å²) in [7, 11) is 0. The van der Waals surface area contributed by atoms with Gasteiger partial charge in [-0.25, -0.2) is 8.78 Å². The largest absolute Gasteiger partial charge is 0.386 e. The van der Waals surface area contributed by atoms with E-state index in [4.69, 9.17) is 0 Å². The summed E-state index contributed by atoms with van der Waals surface area (Å²) < 4.78 is 27.3. The molecule has 5 heteroatoms. The van der Waals surface area contributed by atoms with Crippen LogP contribution in [0.1, 0.15) is 11.7 Å². The molecular formula is C12H12F2N2O. The maximum atomic E-state index is 12.9. The highest BCUT2D eigenvalue weighted by atomic mass is 19.2. The van der Waals surface area contributed by atoms with Gasteiger partial charge in [-0.3, -0.25) is 4.68 Å². The van der Waals surface area contributed by atoms with E-state index in [0.29, 0.717) is 5.56 Å². The molecule has 1 aromatic carbocycles. The first-order valence-corrected chi connectivity index (χ1v) is 5.16. The van der Waals surface area contributed by atoms with Gasteiger partial charge in [-0.05, 0) is 29.8 Å². The normalized spacial score (nSPS) is 12.4. The van der Waals surface area contributed by atoms with E-state index in [1.54, 1.807) is 17.1 Å². The number of rotatable bonds is 4. The third-order valence-corrected chi connectivity index (χ3v) is 2.40. The van der Waals surface area contributed by atoms with Crippen molar-refractivity contribution >= 4 is 0 Å². The van der Waals surface area contributed by atoms with Gasteiger partial charge in [0.05, 0.1) is 12.6 Å². The van der Waals surface area contributed by atoms with Gasteiger partial charge in [0.15, 0.2) is 11.6 Å². The van der Waals surface area contributed by atoms with Crippen molar-refractivity contribution in [3.8, 4) is 0 Å². The average molecular weight is 238 g/mol. The first kappa shape index (κ1) is 11.6. The minimum absolute atomic E-state index is 0.208. The molecule has 0 aliphatic rings. The molecule has 0 saturated carbocycles. The third kappa shape index (κ3) is 2.82. The molecule has 0 spiro atoms. The van der Waals surface area contributed by atoms with Crippen LogP contribution in [-0.4, -0.2) is 16.3 Å². The van der Waals surface area contributed by atoms with Crippen LogP contribution in [0, 0.1) is 11.6 Å². The van der Waals surface area contributed by atoms with Crippen LogP contribution in [0.3, 0.4) is 0 Å². The molecule has 1 unspecified atom stereocenters. The molecule has 2 N–H and O–H groups in total. The second-order valence-corrected chi connectivity index (χ2v) is 3.64. The highest BCUT2D eigenvalue weighted by Crippen LogP contribution is 2.15. The fraction of sp³-hybridized carbons (Fsp3) is 0.167. The van der Waals surface area contributed by atoms with E-state index >= 15 is 0 Å². The number of aliphatic hydroxyl groups excluding tert-OH is 1. The number of benzene rings is 1. The zero-order valence-corrected chi connectivity index (χ0v) is 8.98. The minimum Gasteiger partial charge on any atom is -0.386 e. The zero-order valence-electron chi connectivity index (χ0n) is 8.98. The second-order valence-electron chi connectivity index (χ2n) is 3.64. The van der Waals surface area contributed by atoms with Gasteiger partial charge in [0.1, 0.15) is 0 Å². The van der Waals surface area contributed by atoms with Gasteiger partial charge >= 0.3 is 0 Å². The molecule has 2 rings (SSSR count). The Morgan fingerprint density at radius 1 is 1.18 bits per heavy atom. The lowest BCUT2D eigenvalue weighted by molar-refractivity contribution is 0.187. The second kappa shape index (κ2) is 4.97. The lowest BCUT2D eigenvalue weighted by atomic mass is 10.1. The maximum absolute atomic E-state index is 12.9. The summed E-state index contributed by atoms with van der Waals surface area (Å²) in [4.78, 5) is 0. The van der Waals surface area contributed by atoms with Crippen LogP contribution >= 0.6 is 0 Å². The van der Waals surface area contributed by atoms with E-state index in [2.05, 4.69) is 5.43 Å². The van der Waals surface area contributed by atoms with Crippen molar-refractivity contribution in [3.63, 3.8) is 0 Å². The smallest absolute Gasteiger partial charge is 0.159 e. The van der Waals surface area contributed by atoms with E-state index in [9.17, 15) is 13.9 Å². The lowest BCUT2D eigenvalue weighted by Crippen LogP contribution is -2.20. The van der Waals surface area contributed by atoms with E-state index in [1.165, 1.54) is 6.07 Å². The average Bonchev–Trinajstić information content (AvgIpc) is 2.82. The van der Waals surface area contributed by atoms with Crippen molar-refractivity contribution in [2.24, 2.45) is 0 Å². The Labute approximate surface area is 97.3 Å². The Hall–Kier alpha value is -1.88. The predicted molar refractivity (Wildman–Crippen MR) is 60.0 cm³/mol. The van der Waals surface area contributed by atoms with E-state index in [0.717, 1.165) is 12.1 Å². The molecule has 1 atom stereocenters. The Morgan fingerprint density at radius 2 is 1.88 bits per heavy atom. The number of aliphatic hydroxyl groups is 1. The SMILES string of the molecule is OC(CNn1cccc1)c1ccc(F)c(F)c1. The molecule has 1 heterocycles. The number of nitrogens with zero attached hydrogens (tertiary/aromatic N) is 1. The quantitative estimate of drug-likeness (QED) is 0.855. The van der Waals surface area contributed by atoms with Gasteiger partial charge in [0.2, 0.25) is 0 Å². The van der Waals surface area contributed by atoms with Gasteiger partial charge < -0.3 is 10.5 Å². The van der Waals surface area contributed by atoms with Crippen LogP contribution in [0.2, 0.25) is 0 Å². The number of nitrogens with one attached hydrogen (secondary N) is 1. The summed E-state index contributed by atoms with van der Waals surface area (Å²) in [5.41, 5.74) is 3.24. The van der Waals surface area contributed by atoms with Crippen molar-refractivity contribution < 1.29 is 13.9 Å². The summed E-state index contributed by atoms with van der Waals surface area (Å²) in [5.74, 6) is -1.87. The zero-order chi connectivity index (χ0) is 12.3. The van der Waals surface area contributed by atoms with Crippen LogP contribution in [0.4, 0.5) is 8.78 Å². The van der Waals surface area contributed by atoms with Gasteiger partial charge in [0, 0.05) is 12.4 Å². The van der Waals surface area contributed by atoms with E-state index in [-0.39, 0.29) is 6.54 Å². The summed E-state index contributed by atoms with van der Waals surface area (Å²) in [6.45, 7) is 0.208. The summed E-state index contributed by atoms with van der Waals surface area (Å²) in [6.07, 6.45) is 2.66. The van der Waals surface area contributed by atoms with Gasteiger partial charge in [0.25, 0.3) is 0 Å². The lowest BCUT2D eigenvalue weighted by Gasteiger charge is -2.14. The molecule has 90 valence electrons. The monoisotopic (exact) mass is 238 g/mol. The van der Waals surface area contributed by atoms with Gasteiger partial charge in [-0.15, -0.1) is 0 Å². The summed E-state index contributed by atoms with van der Waals surface area (Å²) >= 11 is 0. The molecule has 0 aliphatic carbocycles. The summed E-state index contributed by atoms with van der Waals surface area (Å²) in [6, 6.07) is 7.02. The van der Waals surface area contributed by atoms with Crippen molar-refractivity contribution in [2.45, 2.75) is 6.10 Å². The molecule has 3 nitrogen and oxygen atoms in total. The van der Waals surface area contributed by atoms with Crippen LogP contribution in [0.5, 0.6) is 0 Å². The Morgan fingerprint density at radius 3 is 2.53 bits per heavy atom. The Bertz CT molecular complexity index is 485. The number of hydrogen-bond acceptors (Lipinski definition) is 2. The number of hydrogen-bond donors (Lipinski definition) is 2.